The Morgan fingerprint density at radius 1 is 1.15 bits per heavy atom. The van der Waals surface area contributed by atoms with Crippen LogP contribution in [-0.4, -0.2) is 47.8 Å². The van der Waals surface area contributed by atoms with Gasteiger partial charge in [0.2, 0.25) is 0 Å². The monoisotopic (exact) mass is 566 g/mol. The highest BCUT2D eigenvalue weighted by Gasteiger charge is 2.58. The van der Waals surface area contributed by atoms with E-state index in [1.807, 2.05) is 49.2 Å². The van der Waals surface area contributed by atoms with Crippen LogP contribution in [0.15, 0.2) is 65.6 Å². The molecule has 2 aliphatic heterocycles. The summed E-state index contributed by atoms with van der Waals surface area (Å²) in [7, 11) is -2.27. The molecule has 1 saturated heterocycles. The van der Waals surface area contributed by atoms with Crippen molar-refractivity contribution in [3.63, 3.8) is 0 Å². The Bertz CT molecular complexity index is 1280. The number of halogens is 3. The first kappa shape index (κ1) is 29.3. The minimum atomic E-state index is -4.77. The predicted octanol–water partition coefficient (Wildman–Crippen LogP) is 6.23. The van der Waals surface area contributed by atoms with E-state index in [9.17, 15) is 27.6 Å². The molecule has 4 atom stereocenters. The lowest BCUT2D eigenvalue weighted by atomic mass is 9.67. The van der Waals surface area contributed by atoms with Gasteiger partial charge in [-0.2, -0.15) is 13.2 Å². The number of carboxylic acid groups (broad SMARTS) is 1. The van der Waals surface area contributed by atoms with E-state index in [1.165, 1.54) is 18.2 Å². The second kappa shape index (κ2) is 11.1. The molecule has 11 heteroatoms. The third-order valence-electron chi connectivity index (χ3n) is 7.89. The first-order valence-electron chi connectivity index (χ1n) is 12.8. The van der Waals surface area contributed by atoms with Crippen molar-refractivity contribution in [1.82, 2.24) is 10.2 Å². The third kappa shape index (κ3) is 5.66. The van der Waals surface area contributed by atoms with E-state index in [0.29, 0.717) is 18.7 Å². The molecule has 0 aliphatic carbocycles. The van der Waals surface area contributed by atoms with Crippen LogP contribution in [0.5, 0.6) is 0 Å². The van der Waals surface area contributed by atoms with E-state index in [2.05, 4.69) is 5.32 Å². The van der Waals surface area contributed by atoms with Crippen LogP contribution in [0.3, 0.4) is 0 Å². The van der Waals surface area contributed by atoms with Crippen molar-refractivity contribution in [2.75, 3.05) is 20.3 Å². The zero-order chi connectivity index (χ0) is 28.6. The molecule has 1 fully saturated rings. The van der Waals surface area contributed by atoms with E-state index in [1.54, 1.807) is 13.8 Å². The molecule has 2 aliphatic rings. The number of benzene rings is 2. The van der Waals surface area contributed by atoms with Crippen LogP contribution in [0, 0.1) is 5.92 Å². The van der Waals surface area contributed by atoms with Gasteiger partial charge in [0, 0.05) is 24.2 Å². The second-order valence-corrected chi connectivity index (χ2v) is 12.4. The van der Waals surface area contributed by atoms with Gasteiger partial charge in [-0.05, 0) is 51.4 Å². The molecule has 4 unspecified atom stereocenters. The summed E-state index contributed by atoms with van der Waals surface area (Å²) in [5, 5.41) is 13.9. The van der Waals surface area contributed by atoms with Crippen LogP contribution >= 0.6 is 7.60 Å². The lowest BCUT2D eigenvalue weighted by molar-refractivity contribution is -0.148. The molecule has 2 aromatic rings. The predicted molar refractivity (Wildman–Crippen MR) is 141 cm³/mol. The minimum Gasteiger partial charge on any atom is -0.481 e. The minimum absolute atomic E-state index is 0.0679. The number of nitrogens with zero attached hydrogens (tertiary/aromatic N) is 1. The van der Waals surface area contributed by atoms with E-state index >= 15 is 0 Å². The van der Waals surface area contributed by atoms with Gasteiger partial charge in [0.15, 0.2) is 0 Å². The molecular weight excluding hydrogens is 532 g/mol. The van der Waals surface area contributed by atoms with Gasteiger partial charge in [-0.1, -0.05) is 48.5 Å². The van der Waals surface area contributed by atoms with Gasteiger partial charge in [0.05, 0.1) is 35.5 Å². The van der Waals surface area contributed by atoms with Crippen LogP contribution in [0.4, 0.5) is 13.2 Å². The first-order valence-corrected chi connectivity index (χ1v) is 14.4. The Morgan fingerprint density at radius 2 is 1.74 bits per heavy atom. The molecule has 0 radical (unpaired) electrons. The van der Waals surface area contributed by atoms with Crippen LogP contribution in [-0.2, 0) is 31.1 Å². The van der Waals surface area contributed by atoms with Gasteiger partial charge in [-0.3, -0.25) is 14.3 Å². The van der Waals surface area contributed by atoms with Crippen LogP contribution in [0.2, 0.25) is 0 Å². The fourth-order valence-electron chi connectivity index (χ4n) is 5.85. The van der Waals surface area contributed by atoms with Gasteiger partial charge in [0.1, 0.15) is 0 Å². The normalized spacial score (nSPS) is 26.3. The van der Waals surface area contributed by atoms with Crippen molar-refractivity contribution in [3.05, 3.63) is 82.3 Å². The standard InChI is InChI=1S/C28H34F3N2O5P/c1-18-25(39(36)37-15-10-16-38-39)23(21-13-8-9-14-22(21)28(29,30)31)24(26(34)35)27(3,32-18)19(2)33(4)17-20-11-6-5-7-12-20/h5-9,11-14,19,23-24,32H,10,15-17H2,1-4H3,(H,34,35). The maximum Gasteiger partial charge on any atom is 0.416 e. The molecule has 0 amide bonds. The topological polar surface area (TPSA) is 88.1 Å². The number of allylic oxidation sites excluding steroid dienone is 2. The zero-order valence-corrected chi connectivity index (χ0v) is 23.3. The summed E-state index contributed by atoms with van der Waals surface area (Å²) in [6.07, 6.45) is -4.30. The number of alkyl halides is 3. The SMILES string of the molecule is CC1=C(P2(=O)OCCCO2)C(c2ccccc2C(F)(F)F)C(C(=O)O)C(C)(C(C)N(C)Cc2ccccc2)N1. The summed E-state index contributed by atoms with van der Waals surface area (Å²) in [4.78, 5) is 15.1. The number of hydrogen-bond acceptors (Lipinski definition) is 6. The smallest absolute Gasteiger partial charge is 0.416 e. The van der Waals surface area contributed by atoms with Crippen molar-refractivity contribution < 1.29 is 36.7 Å². The Morgan fingerprint density at radius 3 is 2.33 bits per heavy atom. The molecule has 2 heterocycles. The molecule has 2 N–H and O–H groups in total. The number of aliphatic carboxylic acids is 1. The number of nitrogens with one attached hydrogen (secondary N) is 1. The van der Waals surface area contributed by atoms with Gasteiger partial charge in [0.25, 0.3) is 0 Å². The number of carbonyl (C=O) groups is 1. The fraction of sp³-hybridized carbons (Fsp3) is 0.464. The number of likely N-dealkylation sites (N-methyl/N-ethyl adjacent to an activating group) is 1. The molecule has 0 aromatic heterocycles. The molecule has 2 aromatic carbocycles. The molecule has 212 valence electrons. The van der Waals surface area contributed by atoms with Gasteiger partial charge in [-0.25, -0.2) is 0 Å². The summed E-state index contributed by atoms with van der Waals surface area (Å²) in [6, 6.07) is 14.0. The summed E-state index contributed by atoms with van der Waals surface area (Å²) < 4.78 is 68.1. The molecule has 7 nitrogen and oxygen atoms in total. The van der Waals surface area contributed by atoms with E-state index in [-0.39, 0.29) is 24.1 Å². The fourth-order valence-corrected chi connectivity index (χ4v) is 8.03. The highest BCUT2D eigenvalue weighted by molar-refractivity contribution is 7.58. The molecule has 0 saturated carbocycles. The summed E-state index contributed by atoms with van der Waals surface area (Å²) >= 11 is 0. The number of rotatable bonds is 7. The second-order valence-electron chi connectivity index (χ2n) is 10.4. The van der Waals surface area contributed by atoms with Crippen LogP contribution in [0.25, 0.3) is 0 Å². The van der Waals surface area contributed by atoms with Crippen molar-refractivity contribution in [3.8, 4) is 0 Å². The number of hydrogen-bond donors (Lipinski definition) is 2. The largest absolute Gasteiger partial charge is 0.481 e. The highest BCUT2D eigenvalue weighted by atomic mass is 31.2. The van der Waals surface area contributed by atoms with Gasteiger partial charge < -0.3 is 19.5 Å². The third-order valence-corrected chi connectivity index (χ3v) is 10.1. The molecule has 0 spiro atoms. The quantitative estimate of drug-likeness (QED) is 0.384. The Kier molecular flexibility index (Phi) is 8.34. The molecule has 4 rings (SSSR count). The van der Waals surface area contributed by atoms with Gasteiger partial charge in [-0.15, -0.1) is 0 Å². The average Bonchev–Trinajstić information content (AvgIpc) is 2.87. The van der Waals surface area contributed by atoms with E-state index in [4.69, 9.17) is 9.05 Å². The zero-order valence-electron chi connectivity index (χ0n) is 22.4. The van der Waals surface area contributed by atoms with Crippen LogP contribution in [0.1, 0.15) is 49.8 Å². The van der Waals surface area contributed by atoms with Gasteiger partial charge >= 0.3 is 19.7 Å². The summed E-state index contributed by atoms with van der Waals surface area (Å²) in [5.41, 5.74) is -1.24. The Hall–Kier alpha value is -2.65. The first-order chi connectivity index (χ1) is 18.3. The Balaban J connectivity index is 1.91. The highest BCUT2D eigenvalue weighted by Crippen LogP contribution is 2.67. The van der Waals surface area contributed by atoms with Crippen molar-refractivity contribution >= 4 is 13.6 Å². The van der Waals surface area contributed by atoms with Crippen molar-refractivity contribution in [2.24, 2.45) is 5.92 Å². The summed E-state index contributed by atoms with van der Waals surface area (Å²) in [5.74, 6) is -4.20. The van der Waals surface area contributed by atoms with Crippen molar-refractivity contribution in [1.29, 1.82) is 0 Å². The number of carboxylic acids is 1. The lowest BCUT2D eigenvalue weighted by Gasteiger charge is -2.52. The molecule has 0 bridgehead atoms. The lowest BCUT2D eigenvalue weighted by Crippen LogP contribution is -2.65. The van der Waals surface area contributed by atoms with Crippen molar-refractivity contribution in [2.45, 2.75) is 57.4 Å². The van der Waals surface area contributed by atoms with E-state index in [0.717, 1.165) is 11.6 Å². The average molecular weight is 567 g/mol. The maximum absolute atomic E-state index is 14.3. The van der Waals surface area contributed by atoms with Crippen LogP contribution < -0.4 is 5.32 Å². The maximum atomic E-state index is 14.3. The van der Waals surface area contributed by atoms with E-state index < -0.39 is 48.7 Å². The molecular formula is C28H34F3N2O5P. The molecule has 39 heavy (non-hydrogen) atoms. The Labute approximate surface area is 226 Å². The summed E-state index contributed by atoms with van der Waals surface area (Å²) in [6.45, 7) is 5.79.